The number of halogens is 5. The summed E-state index contributed by atoms with van der Waals surface area (Å²) in [7, 11) is 0. The van der Waals surface area contributed by atoms with E-state index in [0.717, 1.165) is 19.3 Å². The fourth-order valence-corrected chi connectivity index (χ4v) is 3.09. The summed E-state index contributed by atoms with van der Waals surface area (Å²) in [5.74, 6) is -14.3. The molecule has 1 aromatic rings. The molecule has 0 heterocycles. The van der Waals surface area contributed by atoms with Crippen LogP contribution in [0.15, 0.2) is 0 Å². The molecule has 0 radical (unpaired) electrons. The summed E-state index contributed by atoms with van der Waals surface area (Å²) >= 11 is 0. The molecule has 0 saturated carbocycles. The number of benzene rings is 1. The Kier molecular flexibility index (Phi) is 19.1. The van der Waals surface area contributed by atoms with Crippen molar-refractivity contribution in [3.05, 3.63) is 29.1 Å². The molecule has 0 saturated heterocycles. The van der Waals surface area contributed by atoms with Gasteiger partial charge in [-0.3, -0.25) is 9.59 Å². The number of unbranched alkanes of at least 4 members (excludes halogenated alkanes) is 5. The van der Waals surface area contributed by atoms with Crippen molar-refractivity contribution in [2.75, 3.05) is 59.5 Å². The summed E-state index contributed by atoms with van der Waals surface area (Å²) in [5, 5.41) is 0. The van der Waals surface area contributed by atoms with E-state index in [-0.39, 0.29) is 45.6 Å². The minimum atomic E-state index is -2.35. The Morgan fingerprint density at radius 2 is 0.949 bits per heavy atom. The summed E-state index contributed by atoms with van der Waals surface area (Å²) < 4.78 is 96.5. The van der Waals surface area contributed by atoms with Crippen molar-refractivity contribution < 1.29 is 60.0 Å². The van der Waals surface area contributed by atoms with Gasteiger partial charge in [0.15, 0.2) is 0 Å². The van der Waals surface area contributed by atoms with E-state index in [4.69, 9.17) is 23.7 Å². The molecule has 0 aliphatic carbocycles. The monoisotopic (exact) mass is 572 g/mol. The van der Waals surface area contributed by atoms with Gasteiger partial charge in [0.2, 0.25) is 34.8 Å². The number of hydrogen-bond donors (Lipinski definition) is 0. The Balaban J connectivity index is 1.91. The lowest BCUT2D eigenvalue weighted by molar-refractivity contribution is -0.145. The van der Waals surface area contributed by atoms with E-state index in [1.54, 1.807) is 0 Å². The zero-order valence-corrected chi connectivity index (χ0v) is 22.2. The van der Waals surface area contributed by atoms with Crippen LogP contribution in [0.3, 0.4) is 0 Å². The molecular weight excluding hydrogens is 535 g/mol. The molecule has 0 spiro atoms. The molecule has 1 aromatic carbocycles. The van der Waals surface area contributed by atoms with Crippen molar-refractivity contribution >= 4 is 11.9 Å². The van der Waals surface area contributed by atoms with Gasteiger partial charge in [-0.15, -0.1) is 0 Å². The Morgan fingerprint density at radius 3 is 1.49 bits per heavy atom. The van der Waals surface area contributed by atoms with Crippen LogP contribution in [0.5, 0.6) is 5.75 Å². The largest absolute Gasteiger partial charge is 0.463 e. The van der Waals surface area contributed by atoms with E-state index in [0.29, 0.717) is 26.2 Å². The van der Waals surface area contributed by atoms with Gasteiger partial charge in [0.05, 0.1) is 59.3 Å². The zero-order chi connectivity index (χ0) is 28.9. The average molecular weight is 573 g/mol. The van der Waals surface area contributed by atoms with Crippen molar-refractivity contribution in [2.24, 2.45) is 0 Å². The second-order valence-corrected chi connectivity index (χ2v) is 8.31. The van der Waals surface area contributed by atoms with Gasteiger partial charge in [0.1, 0.15) is 6.61 Å². The molecule has 13 heteroatoms. The third kappa shape index (κ3) is 15.1. The van der Waals surface area contributed by atoms with E-state index < -0.39 is 47.2 Å². The Bertz CT molecular complexity index is 827. The summed E-state index contributed by atoms with van der Waals surface area (Å²) in [4.78, 5) is 23.2. The maximum atomic E-state index is 13.5. The lowest BCUT2D eigenvalue weighted by Gasteiger charge is -2.09. The predicted molar refractivity (Wildman–Crippen MR) is 129 cm³/mol. The van der Waals surface area contributed by atoms with Crippen LogP contribution in [-0.4, -0.2) is 71.4 Å². The van der Waals surface area contributed by atoms with Gasteiger partial charge in [0, 0.05) is 6.42 Å². The van der Waals surface area contributed by atoms with Gasteiger partial charge < -0.3 is 28.4 Å². The molecule has 0 aliphatic rings. The van der Waals surface area contributed by atoms with Crippen LogP contribution in [0.2, 0.25) is 0 Å². The van der Waals surface area contributed by atoms with Gasteiger partial charge in [-0.1, -0.05) is 39.0 Å². The Hall–Kier alpha value is -2.35. The fourth-order valence-electron chi connectivity index (χ4n) is 3.09. The summed E-state index contributed by atoms with van der Waals surface area (Å²) in [6, 6.07) is 0. The average Bonchev–Trinajstić information content (AvgIpc) is 2.92. The molecule has 224 valence electrons. The highest BCUT2D eigenvalue weighted by atomic mass is 19.2. The lowest BCUT2D eigenvalue weighted by Crippen LogP contribution is -2.16. The van der Waals surface area contributed by atoms with E-state index >= 15 is 0 Å². The van der Waals surface area contributed by atoms with Crippen LogP contribution in [-0.2, 0) is 33.3 Å². The van der Waals surface area contributed by atoms with Gasteiger partial charge in [-0.05, 0) is 6.42 Å². The quantitative estimate of drug-likeness (QED) is 0.0450. The Labute approximate surface area is 225 Å². The summed E-state index contributed by atoms with van der Waals surface area (Å²) in [6.45, 7) is 3.89. The maximum absolute atomic E-state index is 13.5. The van der Waals surface area contributed by atoms with Gasteiger partial charge in [-0.2, -0.15) is 8.78 Å². The highest BCUT2D eigenvalue weighted by Crippen LogP contribution is 2.29. The highest BCUT2D eigenvalue weighted by molar-refractivity contribution is 5.72. The SMILES string of the molecule is CCCCCCCCC(=O)OCCOCCOCCOCCOCCC(=O)Oc1c(F)c(F)c(F)c(F)c1F. The van der Waals surface area contributed by atoms with Crippen molar-refractivity contribution in [3.8, 4) is 5.75 Å². The lowest BCUT2D eigenvalue weighted by atomic mass is 10.1. The van der Waals surface area contributed by atoms with Crippen molar-refractivity contribution in [1.82, 2.24) is 0 Å². The van der Waals surface area contributed by atoms with Crippen molar-refractivity contribution in [2.45, 2.75) is 58.3 Å². The van der Waals surface area contributed by atoms with Crippen LogP contribution >= 0.6 is 0 Å². The number of ether oxygens (including phenoxy) is 6. The first-order valence-electron chi connectivity index (χ1n) is 13.0. The first-order chi connectivity index (χ1) is 18.8. The topological polar surface area (TPSA) is 89.5 Å². The van der Waals surface area contributed by atoms with E-state index in [2.05, 4.69) is 11.7 Å². The molecule has 0 aromatic heterocycles. The molecular formula is C26H37F5O8. The van der Waals surface area contributed by atoms with E-state index in [1.807, 2.05) is 0 Å². The van der Waals surface area contributed by atoms with Crippen LogP contribution in [0.4, 0.5) is 22.0 Å². The summed E-state index contributed by atoms with van der Waals surface area (Å²) in [5.41, 5.74) is 0. The van der Waals surface area contributed by atoms with E-state index in [1.165, 1.54) is 19.3 Å². The normalized spacial score (nSPS) is 11.1. The van der Waals surface area contributed by atoms with Crippen molar-refractivity contribution in [3.63, 3.8) is 0 Å². The number of esters is 2. The molecule has 1 rings (SSSR count). The molecule has 0 aliphatic heterocycles. The first-order valence-corrected chi connectivity index (χ1v) is 13.0. The summed E-state index contributed by atoms with van der Waals surface area (Å²) in [6.07, 6.45) is 6.60. The molecule has 0 N–H and O–H groups in total. The van der Waals surface area contributed by atoms with Crippen molar-refractivity contribution in [1.29, 1.82) is 0 Å². The standard InChI is InChI=1S/C26H37F5O8/c1-2-3-4-5-6-7-8-19(32)38-18-17-37-16-15-36-14-13-35-12-11-34-10-9-20(33)39-26-24(30)22(28)21(27)23(29)25(26)31/h2-18H2,1H3. The van der Waals surface area contributed by atoms with Gasteiger partial charge >= 0.3 is 11.9 Å². The van der Waals surface area contributed by atoms with Crippen LogP contribution in [0.25, 0.3) is 0 Å². The first kappa shape index (κ1) is 34.7. The van der Waals surface area contributed by atoms with Gasteiger partial charge in [-0.25, -0.2) is 13.2 Å². The predicted octanol–water partition coefficient (Wildman–Crippen LogP) is 5.04. The molecule has 0 amide bonds. The smallest absolute Gasteiger partial charge is 0.313 e. The fraction of sp³-hybridized carbons (Fsp3) is 0.692. The number of hydrogen-bond acceptors (Lipinski definition) is 8. The Morgan fingerprint density at radius 1 is 0.513 bits per heavy atom. The van der Waals surface area contributed by atoms with Gasteiger partial charge in [0.25, 0.3) is 0 Å². The number of rotatable bonds is 23. The molecule has 0 atom stereocenters. The van der Waals surface area contributed by atoms with Crippen LogP contribution in [0, 0.1) is 29.1 Å². The van der Waals surface area contributed by atoms with Crippen LogP contribution in [0.1, 0.15) is 58.3 Å². The second-order valence-electron chi connectivity index (χ2n) is 8.31. The molecule has 0 bridgehead atoms. The number of carbonyl (C=O) groups excluding carboxylic acids is 2. The molecule has 0 unspecified atom stereocenters. The molecule has 0 fully saturated rings. The second kappa shape index (κ2) is 21.5. The third-order valence-corrected chi connectivity index (χ3v) is 5.18. The zero-order valence-electron chi connectivity index (χ0n) is 22.2. The minimum Gasteiger partial charge on any atom is -0.463 e. The minimum absolute atomic E-state index is 0.0799. The van der Waals surface area contributed by atoms with Crippen LogP contribution < -0.4 is 4.74 Å². The highest BCUT2D eigenvalue weighted by Gasteiger charge is 2.28. The molecule has 8 nitrogen and oxygen atoms in total. The molecule has 39 heavy (non-hydrogen) atoms. The third-order valence-electron chi connectivity index (χ3n) is 5.18. The maximum Gasteiger partial charge on any atom is 0.313 e. The number of carbonyl (C=O) groups is 2. The van der Waals surface area contributed by atoms with E-state index in [9.17, 15) is 31.5 Å².